The fraction of sp³-hybridized carbons (Fsp3) is 0.600. The van der Waals surface area contributed by atoms with Crippen LogP contribution in [0.25, 0.3) is 0 Å². The third-order valence-electron chi connectivity index (χ3n) is 5.67. The van der Waals surface area contributed by atoms with Gasteiger partial charge in [0.15, 0.2) is 0 Å². The number of fused-ring (bicyclic) bond motifs is 1. The van der Waals surface area contributed by atoms with Crippen molar-refractivity contribution in [3.05, 3.63) is 29.8 Å². The van der Waals surface area contributed by atoms with Crippen LogP contribution in [-0.4, -0.2) is 72.1 Å². The predicted molar refractivity (Wildman–Crippen MR) is 101 cm³/mol. The SMILES string of the molecule is CC(=O)N1c2ccccc2C[C@H]1C(=O)N1CCC(N(C)CCCO)CC1. The molecule has 2 aliphatic rings. The maximum atomic E-state index is 13.1. The van der Waals surface area contributed by atoms with E-state index in [4.69, 9.17) is 5.11 Å². The van der Waals surface area contributed by atoms with Gasteiger partial charge in [-0.05, 0) is 37.9 Å². The smallest absolute Gasteiger partial charge is 0.246 e. The van der Waals surface area contributed by atoms with E-state index in [-0.39, 0.29) is 18.4 Å². The van der Waals surface area contributed by atoms with Gasteiger partial charge < -0.3 is 14.9 Å². The highest BCUT2D eigenvalue weighted by molar-refractivity contribution is 6.02. The summed E-state index contributed by atoms with van der Waals surface area (Å²) in [6.45, 7) is 4.08. The molecule has 3 rings (SSSR count). The highest BCUT2D eigenvalue weighted by Crippen LogP contribution is 2.33. The number of piperidine rings is 1. The quantitative estimate of drug-likeness (QED) is 0.860. The largest absolute Gasteiger partial charge is 0.396 e. The number of para-hydroxylation sites is 1. The second-order valence-corrected chi connectivity index (χ2v) is 7.35. The van der Waals surface area contributed by atoms with E-state index in [9.17, 15) is 9.59 Å². The topological polar surface area (TPSA) is 64.1 Å². The van der Waals surface area contributed by atoms with Gasteiger partial charge in [-0.25, -0.2) is 0 Å². The van der Waals surface area contributed by atoms with Crippen molar-refractivity contribution in [3.63, 3.8) is 0 Å². The van der Waals surface area contributed by atoms with Crippen LogP contribution in [0.2, 0.25) is 0 Å². The fourth-order valence-electron chi connectivity index (χ4n) is 4.21. The predicted octanol–water partition coefficient (Wildman–Crippen LogP) is 1.27. The summed E-state index contributed by atoms with van der Waals surface area (Å²) in [4.78, 5) is 31.2. The normalized spacial score (nSPS) is 20.5. The van der Waals surface area contributed by atoms with Crippen molar-refractivity contribution >= 4 is 17.5 Å². The molecule has 142 valence electrons. The number of hydrogen-bond acceptors (Lipinski definition) is 4. The average Bonchev–Trinajstić information content (AvgIpc) is 3.05. The van der Waals surface area contributed by atoms with Gasteiger partial charge in [-0.15, -0.1) is 0 Å². The lowest BCUT2D eigenvalue weighted by atomic mass is 10.0. The van der Waals surface area contributed by atoms with Crippen LogP contribution in [-0.2, 0) is 16.0 Å². The molecule has 1 N–H and O–H groups in total. The summed E-state index contributed by atoms with van der Waals surface area (Å²) < 4.78 is 0. The number of nitrogens with zero attached hydrogens (tertiary/aromatic N) is 3. The standard InChI is InChI=1S/C20H29N3O3/c1-15(25)23-18-7-4-3-6-16(18)14-19(23)20(26)22-11-8-17(9-12-22)21(2)10-5-13-24/h3-4,6-7,17,19,24H,5,8-14H2,1-2H3/t19-/m0/s1. The average molecular weight is 359 g/mol. The molecule has 1 atom stereocenters. The van der Waals surface area contributed by atoms with E-state index < -0.39 is 6.04 Å². The molecule has 6 nitrogen and oxygen atoms in total. The zero-order valence-electron chi connectivity index (χ0n) is 15.7. The molecule has 1 aromatic carbocycles. The van der Waals surface area contributed by atoms with E-state index in [0.29, 0.717) is 12.5 Å². The summed E-state index contributed by atoms with van der Waals surface area (Å²) in [5, 5.41) is 8.98. The number of aliphatic hydroxyl groups excluding tert-OH is 1. The van der Waals surface area contributed by atoms with Gasteiger partial charge in [0.1, 0.15) is 6.04 Å². The van der Waals surface area contributed by atoms with Crippen LogP contribution in [0, 0.1) is 0 Å². The summed E-state index contributed by atoms with van der Waals surface area (Å²) in [6.07, 6.45) is 3.26. The maximum Gasteiger partial charge on any atom is 0.246 e. The third-order valence-corrected chi connectivity index (χ3v) is 5.67. The molecule has 1 aromatic rings. The van der Waals surface area contributed by atoms with Crippen molar-refractivity contribution in [2.75, 3.05) is 38.2 Å². The summed E-state index contributed by atoms with van der Waals surface area (Å²) >= 11 is 0. The minimum Gasteiger partial charge on any atom is -0.396 e. The van der Waals surface area contributed by atoms with E-state index in [2.05, 4.69) is 11.9 Å². The minimum atomic E-state index is -0.409. The Balaban J connectivity index is 1.63. The van der Waals surface area contributed by atoms with Gasteiger partial charge in [-0.1, -0.05) is 18.2 Å². The first-order valence-corrected chi connectivity index (χ1v) is 9.50. The van der Waals surface area contributed by atoms with Crippen LogP contribution in [0.1, 0.15) is 31.7 Å². The Morgan fingerprint density at radius 2 is 1.92 bits per heavy atom. The number of carbonyl (C=O) groups excluding carboxylic acids is 2. The Labute approximate surface area is 155 Å². The van der Waals surface area contributed by atoms with Crippen LogP contribution >= 0.6 is 0 Å². The summed E-state index contributed by atoms with van der Waals surface area (Å²) in [6, 6.07) is 7.84. The van der Waals surface area contributed by atoms with Gasteiger partial charge >= 0.3 is 0 Å². The Hall–Kier alpha value is -1.92. The molecule has 6 heteroatoms. The Morgan fingerprint density at radius 1 is 1.23 bits per heavy atom. The molecule has 2 heterocycles. The van der Waals surface area contributed by atoms with Gasteiger partial charge in [-0.3, -0.25) is 14.5 Å². The van der Waals surface area contributed by atoms with Crippen LogP contribution < -0.4 is 4.90 Å². The maximum absolute atomic E-state index is 13.1. The van der Waals surface area contributed by atoms with Gasteiger partial charge in [0.05, 0.1) is 0 Å². The number of carbonyl (C=O) groups is 2. The Kier molecular flexibility index (Phi) is 5.94. The molecular formula is C20H29N3O3. The molecule has 0 aromatic heterocycles. The van der Waals surface area contributed by atoms with Gasteiger partial charge in [0, 0.05) is 51.3 Å². The van der Waals surface area contributed by atoms with E-state index >= 15 is 0 Å². The van der Waals surface area contributed by atoms with Crippen molar-refractivity contribution in [1.29, 1.82) is 0 Å². The zero-order chi connectivity index (χ0) is 18.7. The molecule has 0 bridgehead atoms. The first-order chi connectivity index (χ1) is 12.5. The van der Waals surface area contributed by atoms with Crippen molar-refractivity contribution in [3.8, 4) is 0 Å². The van der Waals surface area contributed by atoms with E-state index in [1.165, 1.54) is 6.92 Å². The van der Waals surface area contributed by atoms with Gasteiger partial charge in [0.2, 0.25) is 11.8 Å². The van der Waals surface area contributed by atoms with Crippen molar-refractivity contribution in [2.24, 2.45) is 0 Å². The summed E-state index contributed by atoms with van der Waals surface area (Å²) in [5.74, 6) is -0.0141. The fourth-order valence-corrected chi connectivity index (χ4v) is 4.21. The number of rotatable bonds is 5. The van der Waals surface area contributed by atoms with Crippen molar-refractivity contribution in [2.45, 2.75) is 44.7 Å². The number of benzene rings is 1. The number of amides is 2. The Bertz CT molecular complexity index is 655. The summed E-state index contributed by atoms with van der Waals surface area (Å²) in [5.41, 5.74) is 1.94. The van der Waals surface area contributed by atoms with Gasteiger partial charge in [0.25, 0.3) is 0 Å². The molecular weight excluding hydrogens is 330 g/mol. The number of aliphatic hydroxyl groups is 1. The van der Waals surface area contributed by atoms with Gasteiger partial charge in [-0.2, -0.15) is 0 Å². The second-order valence-electron chi connectivity index (χ2n) is 7.35. The van der Waals surface area contributed by atoms with Crippen LogP contribution in [0.15, 0.2) is 24.3 Å². The molecule has 26 heavy (non-hydrogen) atoms. The number of hydrogen-bond donors (Lipinski definition) is 1. The van der Waals surface area contributed by atoms with Crippen molar-refractivity contribution in [1.82, 2.24) is 9.80 Å². The minimum absolute atomic E-state index is 0.0628. The lowest BCUT2D eigenvalue weighted by Gasteiger charge is -2.38. The molecule has 1 saturated heterocycles. The monoisotopic (exact) mass is 359 g/mol. The van der Waals surface area contributed by atoms with E-state index in [0.717, 1.165) is 50.1 Å². The lowest BCUT2D eigenvalue weighted by Crippen LogP contribution is -2.53. The molecule has 2 amide bonds. The first kappa shape index (κ1) is 18.9. The second kappa shape index (κ2) is 8.18. The third kappa shape index (κ3) is 3.76. The highest BCUT2D eigenvalue weighted by atomic mass is 16.3. The first-order valence-electron chi connectivity index (χ1n) is 9.50. The van der Waals surface area contributed by atoms with E-state index in [1.54, 1.807) is 4.90 Å². The Morgan fingerprint density at radius 3 is 2.58 bits per heavy atom. The summed E-state index contributed by atoms with van der Waals surface area (Å²) in [7, 11) is 2.09. The molecule has 2 aliphatic heterocycles. The molecule has 0 aliphatic carbocycles. The molecule has 0 radical (unpaired) electrons. The zero-order valence-corrected chi connectivity index (χ0v) is 15.7. The van der Waals surface area contributed by atoms with Crippen LogP contribution in [0.4, 0.5) is 5.69 Å². The van der Waals surface area contributed by atoms with Crippen LogP contribution in [0.5, 0.6) is 0 Å². The van der Waals surface area contributed by atoms with Crippen molar-refractivity contribution < 1.29 is 14.7 Å². The van der Waals surface area contributed by atoms with E-state index in [1.807, 2.05) is 29.2 Å². The molecule has 1 fully saturated rings. The number of likely N-dealkylation sites (tertiary alicyclic amines) is 1. The molecule has 0 unspecified atom stereocenters. The lowest BCUT2D eigenvalue weighted by molar-refractivity contribution is -0.135. The number of anilines is 1. The molecule has 0 spiro atoms. The van der Waals surface area contributed by atoms with Crippen LogP contribution in [0.3, 0.4) is 0 Å². The highest BCUT2D eigenvalue weighted by Gasteiger charge is 2.39. The molecule has 0 saturated carbocycles.